The van der Waals surface area contributed by atoms with Crippen molar-refractivity contribution in [3.63, 3.8) is 0 Å². The number of nitrogens with zero attached hydrogens (tertiary/aromatic N) is 3. The second-order valence-corrected chi connectivity index (χ2v) is 6.36. The van der Waals surface area contributed by atoms with Crippen molar-refractivity contribution in [3.05, 3.63) is 65.3 Å². The van der Waals surface area contributed by atoms with Gasteiger partial charge < -0.3 is 21.4 Å². The lowest BCUT2D eigenvalue weighted by atomic mass is 10.1. The van der Waals surface area contributed by atoms with Gasteiger partial charge in [0.05, 0.1) is 6.21 Å². The summed E-state index contributed by atoms with van der Waals surface area (Å²) in [5, 5.41) is 10.3. The number of aromatic nitrogens is 2. The molecule has 0 fully saturated rings. The molecule has 8 heteroatoms. The van der Waals surface area contributed by atoms with Crippen LogP contribution in [0.2, 0.25) is 0 Å². The lowest BCUT2D eigenvalue weighted by Gasteiger charge is -2.26. The Labute approximate surface area is 162 Å². The first-order chi connectivity index (χ1) is 13.5. The van der Waals surface area contributed by atoms with E-state index in [1.165, 1.54) is 6.08 Å². The zero-order valence-electron chi connectivity index (χ0n) is 15.4. The number of aryl methyl sites for hydroxylation is 1. The van der Waals surface area contributed by atoms with Crippen molar-refractivity contribution in [2.45, 2.75) is 26.1 Å². The van der Waals surface area contributed by atoms with E-state index in [0.717, 1.165) is 11.8 Å². The fourth-order valence-electron chi connectivity index (χ4n) is 3.01. The van der Waals surface area contributed by atoms with Crippen LogP contribution in [0.1, 0.15) is 28.7 Å². The molecule has 1 aliphatic heterocycles. The van der Waals surface area contributed by atoms with Gasteiger partial charge in [-0.2, -0.15) is 0 Å². The van der Waals surface area contributed by atoms with Gasteiger partial charge in [-0.25, -0.2) is 14.4 Å². The topological polar surface area (TPSA) is 108 Å². The molecule has 1 aromatic carbocycles. The van der Waals surface area contributed by atoms with E-state index in [1.54, 1.807) is 12.1 Å². The smallest absolute Gasteiger partial charge is 0.160 e. The molecule has 0 bridgehead atoms. The van der Waals surface area contributed by atoms with Crippen molar-refractivity contribution >= 4 is 29.8 Å². The number of benzene rings is 1. The molecule has 0 aliphatic carbocycles. The molecular formula is C20H21FN6O. The number of carbonyl (C=O) groups is 1. The number of halogens is 1. The molecule has 1 aliphatic rings. The molecule has 7 nitrogen and oxygen atoms in total. The van der Waals surface area contributed by atoms with Crippen LogP contribution >= 0.6 is 0 Å². The number of nitrogens with one attached hydrogen (secondary N) is 2. The zero-order chi connectivity index (χ0) is 20.3. The van der Waals surface area contributed by atoms with Crippen LogP contribution in [-0.4, -0.2) is 28.6 Å². The van der Waals surface area contributed by atoms with Gasteiger partial charge in [0.15, 0.2) is 11.6 Å². The van der Waals surface area contributed by atoms with Crippen molar-refractivity contribution in [2.75, 3.05) is 16.0 Å². The Bertz CT molecular complexity index is 954. The number of fused-ring (bicyclic) bond motifs is 1. The third-order valence-electron chi connectivity index (χ3n) is 4.43. The fourth-order valence-corrected chi connectivity index (χ4v) is 3.01. The standard InChI is InChI=1S/C20H21FN6O/c1-3-16-24-18(23)17-20(25-16)27(10-13-4-6-14(11-28)7-5-13)19(26-17)12(2)8-15(21)9-22/h4-9,11,19,22,26H,2-3,10H2,1H3,(H2,23,24,25)/b15-8+,22-9?. The van der Waals surface area contributed by atoms with E-state index >= 15 is 0 Å². The van der Waals surface area contributed by atoms with Gasteiger partial charge in [0.2, 0.25) is 0 Å². The predicted molar refractivity (Wildman–Crippen MR) is 108 cm³/mol. The highest BCUT2D eigenvalue weighted by Crippen LogP contribution is 2.39. The Morgan fingerprint density at radius 3 is 2.71 bits per heavy atom. The number of nitrogens with two attached hydrogens (primary N) is 1. The van der Waals surface area contributed by atoms with E-state index < -0.39 is 12.0 Å². The highest BCUT2D eigenvalue weighted by Gasteiger charge is 2.34. The maximum atomic E-state index is 13.6. The normalized spacial score (nSPS) is 15.7. The second kappa shape index (κ2) is 7.99. The van der Waals surface area contributed by atoms with Gasteiger partial charge in [-0.3, -0.25) is 4.79 Å². The van der Waals surface area contributed by atoms with Gasteiger partial charge in [-0.15, -0.1) is 0 Å². The van der Waals surface area contributed by atoms with Gasteiger partial charge in [0.25, 0.3) is 0 Å². The Hall–Kier alpha value is -3.55. The third-order valence-corrected chi connectivity index (χ3v) is 4.43. The van der Waals surface area contributed by atoms with Crippen LogP contribution in [0.4, 0.5) is 21.7 Å². The molecule has 1 unspecified atom stereocenters. The molecule has 0 saturated heterocycles. The average molecular weight is 380 g/mol. The Morgan fingerprint density at radius 1 is 1.39 bits per heavy atom. The maximum Gasteiger partial charge on any atom is 0.160 e. The molecule has 3 rings (SSSR count). The first kappa shape index (κ1) is 19.2. The molecule has 0 amide bonds. The minimum atomic E-state index is -0.702. The summed E-state index contributed by atoms with van der Waals surface area (Å²) in [7, 11) is 0. The number of allylic oxidation sites excluding steroid dienone is 1. The van der Waals surface area contributed by atoms with Crippen molar-refractivity contribution in [2.24, 2.45) is 0 Å². The zero-order valence-corrected chi connectivity index (χ0v) is 15.4. The number of nitrogen functional groups attached to an aromatic ring is 1. The molecule has 4 N–H and O–H groups in total. The molecular weight excluding hydrogens is 359 g/mol. The SMILES string of the molecule is C=C(/C=C(/F)C=N)C1Nc2c(N)nc(CC)nc2N1Cc1ccc(C=O)cc1. The van der Waals surface area contributed by atoms with Gasteiger partial charge in [0.1, 0.15) is 29.8 Å². The minimum absolute atomic E-state index is 0.315. The van der Waals surface area contributed by atoms with Crippen LogP contribution < -0.4 is 16.0 Å². The minimum Gasteiger partial charge on any atom is -0.382 e. The van der Waals surface area contributed by atoms with Crippen LogP contribution in [-0.2, 0) is 13.0 Å². The average Bonchev–Trinajstić information content (AvgIpc) is 3.07. The lowest BCUT2D eigenvalue weighted by molar-refractivity contribution is 0.112. The largest absolute Gasteiger partial charge is 0.382 e. The maximum absolute atomic E-state index is 13.6. The Kier molecular flexibility index (Phi) is 5.49. The molecule has 2 heterocycles. The number of carbonyl (C=O) groups excluding carboxylic acids is 1. The molecule has 1 atom stereocenters. The first-order valence-corrected chi connectivity index (χ1v) is 8.77. The first-order valence-electron chi connectivity index (χ1n) is 8.77. The highest BCUT2D eigenvalue weighted by atomic mass is 19.1. The summed E-state index contributed by atoms with van der Waals surface area (Å²) < 4.78 is 13.6. The Morgan fingerprint density at radius 2 is 2.11 bits per heavy atom. The fraction of sp³-hybridized carbons (Fsp3) is 0.200. The van der Waals surface area contributed by atoms with Crippen LogP contribution in [0.15, 0.2) is 48.3 Å². The van der Waals surface area contributed by atoms with E-state index in [2.05, 4.69) is 21.9 Å². The van der Waals surface area contributed by atoms with Crippen LogP contribution in [0.5, 0.6) is 0 Å². The highest BCUT2D eigenvalue weighted by molar-refractivity contribution is 5.83. The number of anilines is 3. The summed E-state index contributed by atoms with van der Waals surface area (Å²) in [5.74, 6) is 0.826. The van der Waals surface area contributed by atoms with Crippen LogP contribution in [0.25, 0.3) is 0 Å². The predicted octanol–water partition coefficient (Wildman–Crippen LogP) is 3.25. The Balaban J connectivity index is 2.01. The van der Waals surface area contributed by atoms with Crippen molar-refractivity contribution in [1.29, 1.82) is 5.41 Å². The molecule has 0 saturated carbocycles. The molecule has 1 aromatic heterocycles. The van der Waals surface area contributed by atoms with E-state index in [1.807, 2.05) is 24.0 Å². The molecule has 144 valence electrons. The second-order valence-electron chi connectivity index (χ2n) is 6.36. The molecule has 28 heavy (non-hydrogen) atoms. The third kappa shape index (κ3) is 3.75. The van der Waals surface area contributed by atoms with Crippen molar-refractivity contribution in [1.82, 2.24) is 9.97 Å². The van der Waals surface area contributed by atoms with E-state index in [0.29, 0.717) is 53.5 Å². The number of hydrogen-bond acceptors (Lipinski definition) is 7. The summed E-state index contributed by atoms with van der Waals surface area (Å²) >= 11 is 0. The summed E-state index contributed by atoms with van der Waals surface area (Å²) in [6.07, 6.45) is 2.72. The van der Waals surface area contributed by atoms with E-state index in [-0.39, 0.29) is 0 Å². The van der Waals surface area contributed by atoms with Crippen molar-refractivity contribution < 1.29 is 9.18 Å². The summed E-state index contributed by atoms with van der Waals surface area (Å²) in [6.45, 7) is 6.31. The number of rotatable bonds is 7. The molecule has 0 spiro atoms. The van der Waals surface area contributed by atoms with E-state index in [9.17, 15) is 9.18 Å². The van der Waals surface area contributed by atoms with Crippen LogP contribution in [0.3, 0.4) is 0 Å². The monoisotopic (exact) mass is 380 g/mol. The molecule has 2 aromatic rings. The van der Waals surface area contributed by atoms with Gasteiger partial charge in [0, 0.05) is 18.5 Å². The van der Waals surface area contributed by atoms with Crippen molar-refractivity contribution in [3.8, 4) is 0 Å². The summed E-state index contributed by atoms with van der Waals surface area (Å²) in [4.78, 5) is 21.7. The van der Waals surface area contributed by atoms with Gasteiger partial charge in [-0.1, -0.05) is 37.8 Å². The van der Waals surface area contributed by atoms with Crippen LogP contribution in [0, 0.1) is 5.41 Å². The van der Waals surface area contributed by atoms with Gasteiger partial charge in [-0.05, 0) is 17.2 Å². The quantitative estimate of drug-likeness (QED) is 0.387. The lowest BCUT2D eigenvalue weighted by Crippen LogP contribution is -2.36. The van der Waals surface area contributed by atoms with Gasteiger partial charge >= 0.3 is 0 Å². The van der Waals surface area contributed by atoms with E-state index in [4.69, 9.17) is 11.1 Å². The number of aldehydes is 1. The number of hydrogen-bond donors (Lipinski definition) is 3. The summed E-state index contributed by atoms with van der Waals surface area (Å²) in [5.41, 5.74) is 8.60. The molecule has 0 radical (unpaired) electrons. The summed E-state index contributed by atoms with van der Waals surface area (Å²) in [6, 6.07) is 7.16.